The van der Waals surface area contributed by atoms with Crippen molar-refractivity contribution in [3.63, 3.8) is 0 Å². The SMILES string of the molecule is O=C(O)CC[C@H](NC(=O)c1ccc2c(c1)CCN2)C(=O)O. The summed E-state index contributed by atoms with van der Waals surface area (Å²) in [6.45, 7) is 0.816. The highest BCUT2D eigenvalue weighted by atomic mass is 16.4. The van der Waals surface area contributed by atoms with Crippen molar-refractivity contribution in [2.24, 2.45) is 0 Å². The Kier molecular flexibility index (Phi) is 4.42. The third kappa shape index (κ3) is 3.71. The minimum atomic E-state index is -1.24. The predicted molar refractivity (Wildman–Crippen MR) is 74.4 cm³/mol. The molecule has 0 saturated carbocycles. The number of rotatable bonds is 6. The van der Waals surface area contributed by atoms with Crippen LogP contribution in [-0.2, 0) is 16.0 Å². The second-order valence-corrected chi connectivity index (χ2v) is 4.85. The molecule has 1 aliphatic heterocycles. The first-order valence-corrected chi connectivity index (χ1v) is 6.59. The van der Waals surface area contributed by atoms with E-state index < -0.39 is 23.9 Å². The molecule has 1 heterocycles. The molecule has 7 heteroatoms. The van der Waals surface area contributed by atoms with Gasteiger partial charge in [-0.15, -0.1) is 0 Å². The van der Waals surface area contributed by atoms with Crippen LogP contribution in [0, 0.1) is 0 Å². The zero-order valence-electron chi connectivity index (χ0n) is 11.3. The Morgan fingerprint density at radius 2 is 2.05 bits per heavy atom. The number of anilines is 1. The van der Waals surface area contributed by atoms with Crippen molar-refractivity contribution in [3.8, 4) is 0 Å². The lowest BCUT2D eigenvalue weighted by Crippen LogP contribution is -2.41. The number of carboxylic acids is 2. The monoisotopic (exact) mass is 292 g/mol. The molecule has 1 aliphatic rings. The predicted octanol–water partition coefficient (Wildman–Crippen LogP) is 0.702. The smallest absolute Gasteiger partial charge is 0.326 e. The van der Waals surface area contributed by atoms with Gasteiger partial charge >= 0.3 is 11.9 Å². The lowest BCUT2D eigenvalue weighted by Gasteiger charge is -2.14. The zero-order valence-corrected chi connectivity index (χ0v) is 11.3. The van der Waals surface area contributed by atoms with Crippen molar-refractivity contribution in [1.29, 1.82) is 0 Å². The second-order valence-electron chi connectivity index (χ2n) is 4.85. The van der Waals surface area contributed by atoms with Crippen molar-refractivity contribution < 1.29 is 24.6 Å². The number of amides is 1. The molecule has 0 radical (unpaired) electrons. The number of carboxylic acid groups (broad SMARTS) is 2. The first-order valence-electron chi connectivity index (χ1n) is 6.59. The summed E-state index contributed by atoms with van der Waals surface area (Å²) in [6.07, 6.45) is 0.353. The number of carbonyl (C=O) groups excluding carboxylic acids is 1. The largest absolute Gasteiger partial charge is 0.481 e. The van der Waals surface area contributed by atoms with Gasteiger partial charge in [0.25, 0.3) is 5.91 Å². The van der Waals surface area contributed by atoms with E-state index in [4.69, 9.17) is 10.2 Å². The molecule has 1 amide bonds. The summed E-state index contributed by atoms with van der Waals surface area (Å²) in [6, 6.07) is 3.91. The molecule has 0 unspecified atom stereocenters. The Bertz CT molecular complexity index is 585. The van der Waals surface area contributed by atoms with Crippen molar-refractivity contribution in [2.75, 3.05) is 11.9 Å². The van der Waals surface area contributed by atoms with Crippen LogP contribution < -0.4 is 10.6 Å². The molecule has 21 heavy (non-hydrogen) atoms. The maximum Gasteiger partial charge on any atom is 0.326 e. The quantitative estimate of drug-likeness (QED) is 0.613. The molecule has 0 spiro atoms. The second kappa shape index (κ2) is 6.25. The Morgan fingerprint density at radius 1 is 1.29 bits per heavy atom. The van der Waals surface area contributed by atoms with Gasteiger partial charge in [-0.3, -0.25) is 9.59 Å². The average Bonchev–Trinajstić information content (AvgIpc) is 2.89. The highest BCUT2D eigenvalue weighted by Crippen LogP contribution is 2.23. The Hall–Kier alpha value is -2.57. The van der Waals surface area contributed by atoms with E-state index in [-0.39, 0.29) is 12.8 Å². The zero-order chi connectivity index (χ0) is 15.4. The van der Waals surface area contributed by atoms with E-state index in [1.165, 1.54) is 0 Å². The molecule has 2 rings (SSSR count). The Morgan fingerprint density at radius 3 is 2.71 bits per heavy atom. The number of hydrogen-bond donors (Lipinski definition) is 4. The van der Waals surface area contributed by atoms with Crippen LogP contribution in [0.1, 0.15) is 28.8 Å². The lowest BCUT2D eigenvalue weighted by atomic mass is 10.1. The highest BCUT2D eigenvalue weighted by molar-refractivity contribution is 5.97. The van der Waals surface area contributed by atoms with E-state index in [2.05, 4.69) is 10.6 Å². The van der Waals surface area contributed by atoms with Crippen LogP contribution in [0.3, 0.4) is 0 Å². The van der Waals surface area contributed by atoms with Crippen LogP contribution >= 0.6 is 0 Å². The number of fused-ring (bicyclic) bond motifs is 1. The number of carbonyl (C=O) groups is 3. The van der Waals surface area contributed by atoms with Gasteiger partial charge in [0.05, 0.1) is 0 Å². The minimum Gasteiger partial charge on any atom is -0.481 e. The Balaban J connectivity index is 2.04. The number of benzene rings is 1. The molecule has 0 aliphatic carbocycles. The first kappa shape index (κ1) is 14.8. The molecule has 1 atom stereocenters. The fraction of sp³-hybridized carbons (Fsp3) is 0.357. The standard InChI is InChI=1S/C14H16N2O5/c17-12(18)4-3-11(14(20)21)16-13(19)9-1-2-10-8(7-9)5-6-15-10/h1-2,7,11,15H,3-6H2,(H,16,19)(H,17,18)(H,20,21)/t11-/m0/s1. The van der Waals surface area contributed by atoms with Crippen LogP contribution in [-0.4, -0.2) is 40.6 Å². The molecule has 0 aromatic heterocycles. The van der Waals surface area contributed by atoms with Crippen LogP contribution in [0.15, 0.2) is 18.2 Å². The summed E-state index contributed by atoms with van der Waals surface area (Å²) in [5.74, 6) is -2.85. The number of nitrogens with one attached hydrogen (secondary N) is 2. The molecule has 1 aromatic carbocycles. The molecule has 4 N–H and O–H groups in total. The lowest BCUT2D eigenvalue weighted by molar-refractivity contribution is -0.140. The van der Waals surface area contributed by atoms with Gasteiger partial charge in [0.15, 0.2) is 0 Å². The molecule has 1 aromatic rings. The van der Waals surface area contributed by atoms with Crippen LogP contribution in [0.25, 0.3) is 0 Å². The van der Waals surface area contributed by atoms with Gasteiger partial charge < -0.3 is 20.8 Å². The van der Waals surface area contributed by atoms with Gasteiger partial charge in [-0.05, 0) is 36.6 Å². The van der Waals surface area contributed by atoms with Crippen LogP contribution in [0.2, 0.25) is 0 Å². The van der Waals surface area contributed by atoms with Crippen LogP contribution in [0.5, 0.6) is 0 Å². The van der Waals surface area contributed by atoms with Crippen molar-refractivity contribution >= 4 is 23.5 Å². The van der Waals surface area contributed by atoms with E-state index in [9.17, 15) is 14.4 Å². The van der Waals surface area contributed by atoms with Gasteiger partial charge in [0.2, 0.25) is 0 Å². The summed E-state index contributed by atoms with van der Waals surface area (Å²) >= 11 is 0. The summed E-state index contributed by atoms with van der Waals surface area (Å²) in [4.78, 5) is 33.6. The van der Waals surface area contributed by atoms with Gasteiger partial charge in [-0.25, -0.2) is 4.79 Å². The van der Waals surface area contributed by atoms with Gasteiger partial charge in [-0.2, -0.15) is 0 Å². The normalized spacial score (nSPS) is 13.9. The fourth-order valence-corrected chi connectivity index (χ4v) is 2.21. The fourth-order valence-electron chi connectivity index (χ4n) is 2.21. The minimum absolute atomic E-state index is 0.150. The molecule has 0 bridgehead atoms. The maximum absolute atomic E-state index is 12.1. The van der Waals surface area contributed by atoms with Crippen molar-refractivity contribution in [3.05, 3.63) is 29.3 Å². The summed E-state index contributed by atoms with van der Waals surface area (Å²) in [5.41, 5.74) is 2.37. The van der Waals surface area contributed by atoms with E-state index in [1.807, 2.05) is 0 Å². The van der Waals surface area contributed by atoms with E-state index in [0.717, 1.165) is 24.2 Å². The number of aliphatic carboxylic acids is 2. The first-order chi connectivity index (χ1) is 9.97. The topological polar surface area (TPSA) is 116 Å². The van der Waals surface area contributed by atoms with Gasteiger partial charge in [0.1, 0.15) is 6.04 Å². The molecule has 7 nitrogen and oxygen atoms in total. The third-order valence-corrected chi connectivity index (χ3v) is 3.33. The van der Waals surface area contributed by atoms with Crippen molar-refractivity contribution in [2.45, 2.75) is 25.3 Å². The summed E-state index contributed by atoms with van der Waals surface area (Å²) < 4.78 is 0. The number of hydrogen-bond acceptors (Lipinski definition) is 4. The van der Waals surface area contributed by atoms with Crippen LogP contribution in [0.4, 0.5) is 5.69 Å². The molecular weight excluding hydrogens is 276 g/mol. The summed E-state index contributed by atoms with van der Waals surface area (Å²) in [7, 11) is 0. The van der Waals surface area contributed by atoms with Gasteiger partial charge in [0, 0.05) is 24.2 Å². The maximum atomic E-state index is 12.1. The van der Waals surface area contributed by atoms with Crippen molar-refractivity contribution in [1.82, 2.24) is 5.32 Å². The molecule has 0 fully saturated rings. The third-order valence-electron chi connectivity index (χ3n) is 3.33. The van der Waals surface area contributed by atoms with E-state index >= 15 is 0 Å². The van der Waals surface area contributed by atoms with E-state index in [0.29, 0.717) is 5.56 Å². The van der Waals surface area contributed by atoms with Gasteiger partial charge in [-0.1, -0.05) is 0 Å². The average molecular weight is 292 g/mol. The highest BCUT2D eigenvalue weighted by Gasteiger charge is 2.22. The Labute approximate surface area is 121 Å². The summed E-state index contributed by atoms with van der Waals surface area (Å²) in [5, 5.41) is 23.1. The molecule has 0 saturated heterocycles. The molecule has 112 valence electrons. The van der Waals surface area contributed by atoms with E-state index in [1.54, 1.807) is 18.2 Å². The molecular formula is C14H16N2O5.